The summed E-state index contributed by atoms with van der Waals surface area (Å²) in [5.74, 6) is -0.128. The average Bonchev–Trinajstić information content (AvgIpc) is 2.69. The Hall–Kier alpha value is -1.53. The van der Waals surface area contributed by atoms with Gasteiger partial charge in [-0.25, -0.2) is 8.42 Å². The third-order valence-corrected chi connectivity index (χ3v) is 3.80. The van der Waals surface area contributed by atoms with Gasteiger partial charge in [0.2, 0.25) is 0 Å². The molecule has 5 nitrogen and oxygen atoms in total. The highest BCUT2D eigenvalue weighted by Gasteiger charge is 2.23. The average molecular weight is 289 g/mol. The molecule has 0 N–H and O–H groups in total. The van der Waals surface area contributed by atoms with E-state index in [1.165, 1.54) is 32.2 Å². The Kier molecular flexibility index (Phi) is 3.08. The first-order valence-corrected chi connectivity index (χ1v) is 7.21. The van der Waals surface area contributed by atoms with Crippen LogP contribution in [0.5, 0.6) is 5.75 Å². The number of methoxy groups -OCH3 is 1. The van der Waals surface area contributed by atoms with Crippen LogP contribution in [0.15, 0.2) is 27.5 Å². The van der Waals surface area contributed by atoms with Crippen molar-refractivity contribution in [1.29, 1.82) is 0 Å². The van der Waals surface area contributed by atoms with Crippen molar-refractivity contribution in [3.63, 3.8) is 0 Å². The number of carbonyl (C=O) groups excluding carboxylic acids is 1. The van der Waals surface area contributed by atoms with Gasteiger partial charge < -0.3 is 9.15 Å². The summed E-state index contributed by atoms with van der Waals surface area (Å²) in [6.07, 6.45) is 0. The summed E-state index contributed by atoms with van der Waals surface area (Å²) in [4.78, 5) is 11.0. The van der Waals surface area contributed by atoms with Gasteiger partial charge in [-0.2, -0.15) is 0 Å². The second-order valence-electron chi connectivity index (χ2n) is 3.61. The minimum absolute atomic E-state index is 0.0693. The minimum atomic E-state index is -4.01. The van der Waals surface area contributed by atoms with Crippen molar-refractivity contribution >= 4 is 36.5 Å². The van der Waals surface area contributed by atoms with Gasteiger partial charge in [0.15, 0.2) is 11.5 Å². The van der Waals surface area contributed by atoms with Crippen LogP contribution in [0.3, 0.4) is 0 Å². The number of halogens is 1. The van der Waals surface area contributed by atoms with E-state index in [0.717, 1.165) is 0 Å². The van der Waals surface area contributed by atoms with Gasteiger partial charge in [0, 0.05) is 23.0 Å². The topological polar surface area (TPSA) is 73.6 Å². The van der Waals surface area contributed by atoms with E-state index in [4.69, 9.17) is 19.8 Å². The fourth-order valence-electron chi connectivity index (χ4n) is 1.65. The highest BCUT2D eigenvalue weighted by molar-refractivity contribution is 8.14. The van der Waals surface area contributed by atoms with Crippen LogP contribution in [0.1, 0.15) is 17.5 Å². The largest absolute Gasteiger partial charge is 0.495 e. The molecule has 96 valence electrons. The molecule has 0 bridgehead atoms. The van der Waals surface area contributed by atoms with Crippen molar-refractivity contribution in [3.8, 4) is 5.75 Å². The lowest BCUT2D eigenvalue weighted by atomic mass is 10.2. The van der Waals surface area contributed by atoms with Crippen LogP contribution in [0.2, 0.25) is 0 Å². The first-order chi connectivity index (χ1) is 8.34. The fraction of sp³-hybridized carbons (Fsp3) is 0.182. The smallest absolute Gasteiger partial charge is 0.265 e. The Morgan fingerprint density at radius 1 is 1.39 bits per heavy atom. The lowest BCUT2D eigenvalue weighted by Gasteiger charge is -2.05. The summed E-state index contributed by atoms with van der Waals surface area (Å²) in [6.45, 7) is 1.32. The molecule has 0 aliphatic heterocycles. The summed E-state index contributed by atoms with van der Waals surface area (Å²) in [6, 6.07) is 4.28. The Bertz CT molecular complexity index is 729. The minimum Gasteiger partial charge on any atom is -0.495 e. The Morgan fingerprint density at radius 2 is 2.06 bits per heavy atom. The van der Waals surface area contributed by atoms with E-state index in [-0.39, 0.29) is 33.2 Å². The molecule has 0 saturated heterocycles. The van der Waals surface area contributed by atoms with Gasteiger partial charge in [-0.1, -0.05) is 0 Å². The summed E-state index contributed by atoms with van der Waals surface area (Å²) in [5.41, 5.74) is 0.264. The number of benzene rings is 1. The Morgan fingerprint density at radius 3 is 2.56 bits per heavy atom. The molecule has 0 saturated carbocycles. The maximum absolute atomic E-state index is 11.6. The summed E-state index contributed by atoms with van der Waals surface area (Å²) < 4.78 is 33.3. The number of hydrogen-bond acceptors (Lipinski definition) is 5. The molecule has 7 heteroatoms. The van der Waals surface area contributed by atoms with Crippen molar-refractivity contribution in [1.82, 2.24) is 0 Å². The summed E-state index contributed by atoms with van der Waals surface area (Å²) in [7, 11) is 2.70. The van der Waals surface area contributed by atoms with Crippen molar-refractivity contribution in [2.24, 2.45) is 0 Å². The van der Waals surface area contributed by atoms with Gasteiger partial charge in [-0.15, -0.1) is 0 Å². The molecular formula is C11H9ClO5S. The van der Waals surface area contributed by atoms with Gasteiger partial charge in [0.25, 0.3) is 9.05 Å². The molecule has 1 aromatic carbocycles. The lowest BCUT2D eigenvalue weighted by Crippen LogP contribution is -1.96. The van der Waals surface area contributed by atoms with Crippen molar-refractivity contribution < 1.29 is 22.4 Å². The maximum Gasteiger partial charge on any atom is 0.265 e. The third kappa shape index (κ3) is 2.09. The number of rotatable bonds is 3. The molecule has 0 unspecified atom stereocenters. The molecule has 1 aromatic heterocycles. The number of ether oxygens (including phenoxy) is 1. The number of furan rings is 1. The van der Waals surface area contributed by atoms with Crippen LogP contribution in [0, 0.1) is 0 Å². The first kappa shape index (κ1) is 12.9. The summed E-state index contributed by atoms with van der Waals surface area (Å²) >= 11 is 0. The molecule has 0 aliphatic carbocycles. The zero-order valence-electron chi connectivity index (χ0n) is 9.56. The van der Waals surface area contributed by atoms with E-state index in [1.807, 2.05) is 0 Å². The van der Waals surface area contributed by atoms with E-state index < -0.39 is 9.05 Å². The predicted molar refractivity (Wildman–Crippen MR) is 65.8 cm³/mol. The zero-order valence-corrected chi connectivity index (χ0v) is 11.1. The van der Waals surface area contributed by atoms with E-state index in [2.05, 4.69) is 0 Å². The van der Waals surface area contributed by atoms with Crippen LogP contribution in [-0.2, 0) is 9.05 Å². The molecule has 0 atom stereocenters. The van der Waals surface area contributed by atoms with Crippen LogP contribution < -0.4 is 4.74 Å². The van der Waals surface area contributed by atoms with Crippen LogP contribution >= 0.6 is 10.7 Å². The maximum atomic E-state index is 11.6. The molecule has 0 radical (unpaired) electrons. The molecule has 0 amide bonds. The van der Waals surface area contributed by atoms with Crippen LogP contribution in [0.25, 0.3) is 11.0 Å². The van der Waals surface area contributed by atoms with Crippen molar-refractivity contribution in [2.45, 2.75) is 11.8 Å². The zero-order chi connectivity index (χ0) is 13.5. The molecule has 0 fully saturated rings. The van der Waals surface area contributed by atoms with Crippen LogP contribution in [0.4, 0.5) is 0 Å². The van der Waals surface area contributed by atoms with E-state index in [9.17, 15) is 13.2 Å². The molecule has 18 heavy (non-hydrogen) atoms. The number of carbonyl (C=O) groups is 1. The van der Waals surface area contributed by atoms with Gasteiger partial charge in [-0.3, -0.25) is 4.79 Å². The third-order valence-electron chi connectivity index (χ3n) is 2.43. The fourth-order valence-corrected chi connectivity index (χ4v) is 2.94. The quantitative estimate of drug-likeness (QED) is 0.641. The molecule has 0 spiro atoms. The molecule has 1 heterocycles. The number of ketones is 1. The molecular weight excluding hydrogens is 280 g/mol. The first-order valence-electron chi connectivity index (χ1n) is 4.90. The highest BCUT2D eigenvalue weighted by Crippen LogP contribution is 2.36. The van der Waals surface area contributed by atoms with E-state index >= 15 is 0 Å². The van der Waals surface area contributed by atoms with Gasteiger partial charge in [0.05, 0.1) is 7.11 Å². The number of fused-ring (bicyclic) bond motifs is 1. The van der Waals surface area contributed by atoms with Gasteiger partial charge in [-0.05, 0) is 18.2 Å². The highest BCUT2D eigenvalue weighted by atomic mass is 35.7. The second kappa shape index (κ2) is 4.29. The standard InChI is InChI=1S/C11H9ClO5S/c1-6(13)10-5-7-8(17-10)3-4-9(16-2)11(7)18(12,14)15/h3-5H,1-2H3. The SMILES string of the molecule is COc1ccc2oc(C(C)=O)cc2c1S(=O)(=O)Cl. The number of hydrogen-bond donors (Lipinski definition) is 0. The Labute approximate surface area is 108 Å². The summed E-state index contributed by atoms with van der Waals surface area (Å²) in [5, 5.41) is 0.231. The van der Waals surface area contributed by atoms with Gasteiger partial charge in [0.1, 0.15) is 16.2 Å². The normalized spacial score (nSPS) is 11.7. The van der Waals surface area contributed by atoms with E-state index in [0.29, 0.717) is 0 Å². The lowest BCUT2D eigenvalue weighted by molar-refractivity contribution is 0.0989. The second-order valence-corrected chi connectivity index (χ2v) is 6.12. The predicted octanol–water partition coefficient (Wildman–Crippen LogP) is 2.57. The van der Waals surface area contributed by atoms with E-state index in [1.54, 1.807) is 0 Å². The molecule has 2 rings (SSSR count). The van der Waals surface area contributed by atoms with Crippen molar-refractivity contribution in [3.05, 3.63) is 24.0 Å². The Balaban J connectivity index is 2.90. The monoisotopic (exact) mass is 288 g/mol. The molecule has 2 aromatic rings. The van der Waals surface area contributed by atoms with Crippen molar-refractivity contribution in [2.75, 3.05) is 7.11 Å². The molecule has 0 aliphatic rings. The van der Waals surface area contributed by atoms with Crippen LogP contribution in [-0.4, -0.2) is 21.3 Å². The number of Topliss-reactive ketones (excluding diaryl/α,β-unsaturated/α-hetero) is 1. The van der Waals surface area contributed by atoms with Gasteiger partial charge >= 0.3 is 0 Å².